The molecule has 1 aliphatic rings. The molecule has 0 atom stereocenters. The number of aliphatic hydroxyl groups is 1. The molecular weight excluding hydrogens is 589 g/mol. The number of carbonyl (C=O) groups is 1. The second-order valence-corrected chi connectivity index (χ2v) is 11.6. The molecule has 8 nitrogen and oxygen atoms in total. The van der Waals surface area contributed by atoms with Crippen molar-refractivity contribution in [3.8, 4) is 16.9 Å². The molecule has 0 aliphatic carbocycles. The highest BCUT2D eigenvalue weighted by molar-refractivity contribution is 6.35. The molecule has 3 heterocycles. The molecule has 6 rings (SSSR count). The molecule has 0 amide bonds. The van der Waals surface area contributed by atoms with Crippen molar-refractivity contribution in [2.24, 2.45) is 7.05 Å². The molecule has 0 saturated carbocycles. The molecule has 10 heteroatoms. The van der Waals surface area contributed by atoms with Gasteiger partial charge in [0.1, 0.15) is 11.4 Å². The number of halogens is 2. The lowest BCUT2D eigenvalue weighted by atomic mass is 9.97. The minimum Gasteiger partial charge on any atom is -0.493 e. The number of aryl methyl sites for hydroxylation is 3. The van der Waals surface area contributed by atoms with E-state index in [4.69, 9.17) is 37.4 Å². The number of rotatable bonds is 9. The fourth-order valence-electron chi connectivity index (χ4n) is 6.15. The number of benzene rings is 3. The first kappa shape index (κ1) is 29.5. The summed E-state index contributed by atoms with van der Waals surface area (Å²) in [5, 5.41) is 19.0. The summed E-state index contributed by atoms with van der Waals surface area (Å²) in [6.07, 6.45) is 1.23. The summed E-state index contributed by atoms with van der Waals surface area (Å²) in [6, 6.07) is 13.7. The van der Waals surface area contributed by atoms with Crippen LogP contribution in [0.15, 0.2) is 42.5 Å². The van der Waals surface area contributed by atoms with Crippen LogP contribution >= 0.6 is 23.2 Å². The van der Waals surface area contributed by atoms with Gasteiger partial charge in [0.25, 0.3) is 0 Å². The summed E-state index contributed by atoms with van der Waals surface area (Å²) >= 11 is 13.1. The average Bonchev–Trinajstić information content (AvgIpc) is 3.49. The minimum absolute atomic E-state index is 0.249. The van der Waals surface area contributed by atoms with Crippen molar-refractivity contribution in [1.82, 2.24) is 14.3 Å². The van der Waals surface area contributed by atoms with Crippen LogP contribution in [0, 0.1) is 6.92 Å². The van der Waals surface area contributed by atoms with Gasteiger partial charge in [-0.1, -0.05) is 35.3 Å². The first-order valence-corrected chi connectivity index (χ1v) is 15.1. The standard InChI is InChI=1S/C33H33Cl2N3O5/c1-4-42-33(40)32-23(6-5-12-43-28-15-19(2)14-20-16-21(34)7-8-22(20)28)24-9-10-25(35)29(31(24)37(32)3)30-26(17-39)36-38-11-13-41-18-27(30)38/h7-10,14-16,39H,4-6,11-13,17-18H2,1-3H3. The molecule has 1 N–H and O–H groups in total. The third-order valence-electron chi connectivity index (χ3n) is 7.94. The number of aliphatic hydroxyl groups excluding tert-OH is 1. The highest BCUT2D eigenvalue weighted by Gasteiger charge is 2.29. The molecule has 0 bridgehead atoms. The topological polar surface area (TPSA) is 87.7 Å². The Hall–Kier alpha value is -3.56. The molecule has 2 aromatic heterocycles. The van der Waals surface area contributed by atoms with E-state index in [-0.39, 0.29) is 13.2 Å². The average molecular weight is 623 g/mol. The smallest absolute Gasteiger partial charge is 0.355 e. The number of hydrogen-bond donors (Lipinski definition) is 1. The van der Waals surface area contributed by atoms with Gasteiger partial charge in [-0.2, -0.15) is 5.10 Å². The number of hydrogen-bond acceptors (Lipinski definition) is 6. The molecule has 0 unspecified atom stereocenters. The van der Waals surface area contributed by atoms with Gasteiger partial charge in [-0.05, 0) is 73.5 Å². The Bertz CT molecular complexity index is 1850. The van der Waals surface area contributed by atoms with Crippen molar-refractivity contribution in [2.75, 3.05) is 19.8 Å². The lowest BCUT2D eigenvalue weighted by molar-refractivity contribution is 0.0514. The molecule has 3 aromatic carbocycles. The van der Waals surface area contributed by atoms with Crippen LogP contribution in [-0.4, -0.2) is 45.2 Å². The van der Waals surface area contributed by atoms with E-state index in [1.165, 1.54) is 0 Å². The molecule has 1 aliphatic heterocycles. The molecule has 0 spiro atoms. The van der Waals surface area contributed by atoms with Gasteiger partial charge in [0.05, 0.1) is 61.5 Å². The van der Waals surface area contributed by atoms with Crippen LogP contribution in [0.4, 0.5) is 0 Å². The first-order valence-electron chi connectivity index (χ1n) is 14.4. The monoisotopic (exact) mass is 621 g/mol. The maximum atomic E-state index is 13.4. The summed E-state index contributed by atoms with van der Waals surface area (Å²) in [7, 11) is 1.85. The van der Waals surface area contributed by atoms with Crippen LogP contribution in [0.3, 0.4) is 0 Å². The largest absolute Gasteiger partial charge is 0.493 e. The fourth-order valence-corrected chi connectivity index (χ4v) is 6.58. The van der Waals surface area contributed by atoms with E-state index in [0.29, 0.717) is 60.6 Å². The third-order valence-corrected chi connectivity index (χ3v) is 8.49. The second-order valence-electron chi connectivity index (χ2n) is 10.7. The number of aromatic nitrogens is 3. The van der Waals surface area contributed by atoms with Gasteiger partial charge >= 0.3 is 5.97 Å². The van der Waals surface area contributed by atoms with E-state index >= 15 is 0 Å². The van der Waals surface area contributed by atoms with Crippen LogP contribution in [-0.2, 0) is 42.7 Å². The van der Waals surface area contributed by atoms with E-state index < -0.39 is 5.97 Å². The summed E-state index contributed by atoms with van der Waals surface area (Å²) in [4.78, 5) is 13.4. The summed E-state index contributed by atoms with van der Waals surface area (Å²) in [5.41, 5.74) is 6.04. The predicted molar refractivity (Wildman–Crippen MR) is 168 cm³/mol. The zero-order valence-electron chi connectivity index (χ0n) is 24.4. The molecule has 0 radical (unpaired) electrons. The van der Waals surface area contributed by atoms with Crippen molar-refractivity contribution >= 4 is 50.8 Å². The van der Waals surface area contributed by atoms with E-state index in [1.807, 2.05) is 59.6 Å². The Kier molecular flexibility index (Phi) is 8.38. The molecular formula is C33H33Cl2N3O5. The van der Waals surface area contributed by atoms with Gasteiger partial charge in [0, 0.05) is 34.0 Å². The number of fused-ring (bicyclic) bond motifs is 3. The molecule has 43 heavy (non-hydrogen) atoms. The quantitative estimate of drug-likeness (QED) is 0.140. The predicted octanol–water partition coefficient (Wildman–Crippen LogP) is 7.02. The van der Waals surface area contributed by atoms with Crippen LogP contribution in [0.2, 0.25) is 10.0 Å². The summed E-state index contributed by atoms with van der Waals surface area (Å²) in [5.74, 6) is 0.400. The van der Waals surface area contributed by atoms with Crippen molar-refractivity contribution in [3.05, 3.63) is 80.7 Å². The van der Waals surface area contributed by atoms with Gasteiger partial charge in [0.15, 0.2) is 0 Å². The van der Waals surface area contributed by atoms with Gasteiger partial charge in [0.2, 0.25) is 0 Å². The van der Waals surface area contributed by atoms with E-state index in [2.05, 4.69) is 11.2 Å². The first-order chi connectivity index (χ1) is 20.8. The highest BCUT2D eigenvalue weighted by atomic mass is 35.5. The Balaban J connectivity index is 1.39. The second kappa shape index (κ2) is 12.2. The van der Waals surface area contributed by atoms with E-state index in [0.717, 1.165) is 55.4 Å². The van der Waals surface area contributed by atoms with Gasteiger partial charge < -0.3 is 23.9 Å². The van der Waals surface area contributed by atoms with Gasteiger partial charge in [-0.25, -0.2) is 4.79 Å². The minimum atomic E-state index is -0.400. The third kappa shape index (κ3) is 5.38. The SMILES string of the molecule is CCOC(=O)c1c(CCCOc2cc(C)cc3cc(Cl)ccc23)c2ccc(Cl)c(-c3c(CO)nn4c3COCC4)c2n1C. The van der Waals surface area contributed by atoms with E-state index in [9.17, 15) is 9.90 Å². The maximum Gasteiger partial charge on any atom is 0.355 e. The van der Waals surface area contributed by atoms with Gasteiger partial charge in [-0.15, -0.1) is 0 Å². The lowest BCUT2D eigenvalue weighted by Gasteiger charge is -2.17. The van der Waals surface area contributed by atoms with E-state index in [1.54, 1.807) is 6.92 Å². The summed E-state index contributed by atoms with van der Waals surface area (Å²) in [6.45, 7) is 5.77. The van der Waals surface area contributed by atoms with Crippen molar-refractivity contribution < 1.29 is 24.1 Å². The number of ether oxygens (including phenoxy) is 3. The zero-order valence-corrected chi connectivity index (χ0v) is 25.9. The fraction of sp³-hybridized carbons (Fsp3) is 0.333. The molecule has 224 valence electrons. The number of carbonyl (C=O) groups excluding carboxylic acids is 1. The lowest BCUT2D eigenvalue weighted by Crippen LogP contribution is -2.17. The number of nitrogens with zero attached hydrogens (tertiary/aromatic N) is 3. The van der Waals surface area contributed by atoms with Crippen LogP contribution in [0.25, 0.3) is 32.8 Å². The highest BCUT2D eigenvalue weighted by Crippen LogP contribution is 2.43. The normalized spacial score (nSPS) is 13.1. The maximum absolute atomic E-state index is 13.4. The van der Waals surface area contributed by atoms with Crippen molar-refractivity contribution in [2.45, 2.75) is 46.4 Å². The Morgan fingerprint density at radius 3 is 2.72 bits per heavy atom. The van der Waals surface area contributed by atoms with Crippen molar-refractivity contribution in [1.29, 1.82) is 0 Å². The summed E-state index contributed by atoms with van der Waals surface area (Å²) < 4.78 is 21.3. The van der Waals surface area contributed by atoms with Crippen LogP contribution < -0.4 is 4.74 Å². The number of esters is 1. The molecule has 5 aromatic rings. The molecule has 0 saturated heterocycles. The Morgan fingerprint density at radius 1 is 1.12 bits per heavy atom. The van der Waals surface area contributed by atoms with Crippen LogP contribution in [0.5, 0.6) is 5.75 Å². The molecule has 0 fully saturated rings. The van der Waals surface area contributed by atoms with Gasteiger partial charge in [-0.3, -0.25) is 4.68 Å². The Morgan fingerprint density at radius 2 is 1.93 bits per heavy atom. The Labute approximate surface area is 259 Å². The van der Waals surface area contributed by atoms with Crippen LogP contribution in [0.1, 0.15) is 46.3 Å². The van der Waals surface area contributed by atoms with Crippen molar-refractivity contribution in [3.63, 3.8) is 0 Å². The zero-order chi connectivity index (χ0) is 30.2.